The molecule has 0 spiro atoms. The molecule has 3 unspecified atom stereocenters. The molecular formula is C31H36AlCl3O. The largest absolute Gasteiger partial charge is 0.496 e. The summed E-state index contributed by atoms with van der Waals surface area (Å²) in [5, 5.41) is 4.78. The van der Waals surface area contributed by atoms with Crippen molar-refractivity contribution in [2.45, 2.75) is 80.4 Å². The SMILES string of the molecule is CC([CH2][Al]1[CH2]CCC(CC(C)c2ccc(Cl)cc2)(CC(C)c2ccc(Cl)cc2)[O]1)c1ccc(Cl)cc1. The van der Waals surface area contributed by atoms with Crippen molar-refractivity contribution in [1.29, 1.82) is 0 Å². The molecule has 1 aliphatic rings. The van der Waals surface area contributed by atoms with Gasteiger partial charge < -0.3 is 3.79 Å². The second-order valence-corrected chi connectivity index (χ2v) is 14.7. The molecule has 1 aliphatic heterocycles. The number of rotatable bonds is 9. The first-order valence-electron chi connectivity index (χ1n) is 13.2. The van der Waals surface area contributed by atoms with Gasteiger partial charge >= 0.3 is 14.5 Å². The summed E-state index contributed by atoms with van der Waals surface area (Å²) in [7, 11) is 0. The van der Waals surface area contributed by atoms with Crippen molar-refractivity contribution >= 4 is 49.3 Å². The molecule has 0 aliphatic carbocycles. The van der Waals surface area contributed by atoms with Crippen LogP contribution in [0.1, 0.15) is 80.9 Å². The van der Waals surface area contributed by atoms with E-state index in [-0.39, 0.29) is 5.60 Å². The van der Waals surface area contributed by atoms with E-state index >= 15 is 0 Å². The third-order valence-electron chi connectivity index (χ3n) is 7.87. The van der Waals surface area contributed by atoms with Crippen LogP contribution in [0.2, 0.25) is 25.6 Å². The van der Waals surface area contributed by atoms with Crippen LogP contribution in [-0.4, -0.2) is 20.1 Å². The molecule has 1 heterocycles. The van der Waals surface area contributed by atoms with Crippen molar-refractivity contribution in [2.75, 3.05) is 0 Å². The Morgan fingerprint density at radius 2 is 1.06 bits per heavy atom. The van der Waals surface area contributed by atoms with E-state index in [0.717, 1.165) is 39.6 Å². The average molecular weight is 558 g/mol. The molecule has 4 rings (SSSR count). The molecule has 1 saturated heterocycles. The number of benzene rings is 3. The van der Waals surface area contributed by atoms with Gasteiger partial charge in [-0.1, -0.05) is 109 Å². The quantitative estimate of drug-likeness (QED) is 0.238. The highest BCUT2D eigenvalue weighted by molar-refractivity contribution is 6.52. The molecule has 0 N–H and O–H groups in total. The summed E-state index contributed by atoms with van der Waals surface area (Å²) >= 11 is 17.1. The number of halogens is 3. The lowest BCUT2D eigenvalue weighted by molar-refractivity contribution is 0.0130. The average Bonchev–Trinajstić information content (AvgIpc) is 2.85. The van der Waals surface area contributed by atoms with Gasteiger partial charge in [0, 0.05) is 20.7 Å². The zero-order valence-electron chi connectivity index (χ0n) is 21.5. The molecule has 0 saturated carbocycles. The molecular weight excluding hydrogens is 522 g/mol. The Kier molecular flexibility index (Phi) is 9.90. The van der Waals surface area contributed by atoms with E-state index in [4.69, 9.17) is 38.6 Å². The summed E-state index contributed by atoms with van der Waals surface area (Å²) in [5.41, 5.74) is 3.92. The molecule has 3 aromatic rings. The van der Waals surface area contributed by atoms with Crippen molar-refractivity contribution in [3.63, 3.8) is 0 Å². The summed E-state index contributed by atoms with van der Waals surface area (Å²) in [6.07, 6.45) is 4.45. The summed E-state index contributed by atoms with van der Waals surface area (Å²) in [6.45, 7) is 7.01. The van der Waals surface area contributed by atoms with E-state index in [1.807, 2.05) is 36.4 Å². The minimum absolute atomic E-state index is 0.104. The smallest absolute Gasteiger partial charge is 0.461 e. The molecule has 5 heteroatoms. The molecule has 3 aromatic carbocycles. The highest BCUT2D eigenvalue weighted by atomic mass is 35.5. The van der Waals surface area contributed by atoms with E-state index in [9.17, 15) is 0 Å². The zero-order chi connectivity index (χ0) is 25.7. The number of hydrogen-bond donors (Lipinski definition) is 0. The highest BCUT2D eigenvalue weighted by Crippen LogP contribution is 2.44. The van der Waals surface area contributed by atoms with Crippen LogP contribution in [0, 0.1) is 0 Å². The lowest BCUT2D eigenvalue weighted by Gasteiger charge is -2.45. The van der Waals surface area contributed by atoms with Gasteiger partial charge in [0.2, 0.25) is 0 Å². The van der Waals surface area contributed by atoms with Crippen LogP contribution in [0.25, 0.3) is 0 Å². The predicted octanol–water partition coefficient (Wildman–Crippen LogP) is 10.7. The molecule has 190 valence electrons. The van der Waals surface area contributed by atoms with Crippen molar-refractivity contribution in [1.82, 2.24) is 0 Å². The maximum absolute atomic E-state index is 7.28. The molecule has 1 nitrogen and oxygen atoms in total. The summed E-state index contributed by atoms with van der Waals surface area (Å²) in [5.74, 6) is 1.29. The van der Waals surface area contributed by atoms with Crippen LogP contribution in [0.4, 0.5) is 0 Å². The van der Waals surface area contributed by atoms with Crippen molar-refractivity contribution < 1.29 is 3.79 Å². The Balaban J connectivity index is 1.54. The van der Waals surface area contributed by atoms with Gasteiger partial charge in [-0.3, -0.25) is 0 Å². The van der Waals surface area contributed by atoms with Crippen LogP contribution in [0.15, 0.2) is 72.8 Å². The first-order chi connectivity index (χ1) is 17.2. The van der Waals surface area contributed by atoms with Gasteiger partial charge in [-0.25, -0.2) is 0 Å². The Bertz CT molecular complexity index is 1040. The molecule has 0 aromatic heterocycles. The Morgan fingerprint density at radius 1 is 0.667 bits per heavy atom. The van der Waals surface area contributed by atoms with E-state index in [0.29, 0.717) is 17.8 Å². The second kappa shape index (κ2) is 12.7. The highest BCUT2D eigenvalue weighted by Gasteiger charge is 2.42. The lowest BCUT2D eigenvalue weighted by Crippen LogP contribution is -2.45. The summed E-state index contributed by atoms with van der Waals surface area (Å²) in [4.78, 5) is 0. The third-order valence-corrected chi connectivity index (χ3v) is 11.7. The van der Waals surface area contributed by atoms with Crippen molar-refractivity contribution in [3.8, 4) is 0 Å². The van der Waals surface area contributed by atoms with Gasteiger partial charge in [-0.15, -0.1) is 0 Å². The predicted molar refractivity (Wildman–Crippen MR) is 157 cm³/mol. The molecule has 0 bridgehead atoms. The standard InChI is InChI=1S/C22H26Cl2O.C9H10Cl.Al/c1-4-13-22(25,14-16(2)18-5-9-20(23)10-6-18)15-17(3)19-7-11-21(24)12-8-19;1-7(2)8-3-5-9(10)6-4-8;/h5-12,16-17H,1,4,13-15H2,2-3H3;3-7H,1H2,2H3;/q-1;;+1. The van der Waals surface area contributed by atoms with Gasteiger partial charge in [-0.05, 0) is 90.1 Å². The maximum Gasteiger partial charge on any atom is 0.461 e. The van der Waals surface area contributed by atoms with Gasteiger partial charge in [0.15, 0.2) is 0 Å². The Hall–Kier alpha value is -0.978. The van der Waals surface area contributed by atoms with Crippen molar-refractivity contribution in [2.24, 2.45) is 0 Å². The summed E-state index contributed by atoms with van der Waals surface area (Å²) in [6, 6.07) is 25.0. The number of hydrogen-bond acceptors (Lipinski definition) is 1. The lowest BCUT2D eigenvalue weighted by atomic mass is 9.77. The van der Waals surface area contributed by atoms with Crippen molar-refractivity contribution in [3.05, 3.63) is 105 Å². The van der Waals surface area contributed by atoms with E-state index in [1.54, 1.807) is 0 Å². The van der Waals surface area contributed by atoms with E-state index < -0.39 is 14.5 Å². The fourth-order valence-corrected chi connectivity index (χ4v) is 9.49. The molecule has 3 atom stereocenters. The topological polar surface area (TPSA) is 9.23 Å². The minimum Gasteiger partial charge on any atom is -0.496 e. The van der Waals surface area contributed by atoms with Gasteiger partial charge in [0.1, 0.15) is 0 Å². The first kappa shape index (κ1) is 28.0. The third kappa shape index (κ3) is 7.54. The second-order valence-electron chi connectivity index (χ2n) is 10.8. The molecule has 1 fully saturated rings. The van der Waals surface area contributed by atoms with Gasteiger partial charge in [0.05, 0.1) is 0 Å². The minimum atomic E-state index is -1.39. The molecule has 0 amide bonds. The van der Waals surface area contributed by atoms with E-state index in [1.165, 1.54) is 28.4 Å². The van der Waals surface area contributed by atoms with Gasteiger partial charge in [-0.2, -0.15) is 0 Å². The Labute approximate surface area is 236 Å². The zero-order valence-corrected chi connectivity index (χ0v) is 24.9. The van der Waals surface area contributed by atoms with Crippen LogP contribution in [0.3, 0.4) is 0 Å². The van der Waals surface area contributed by atoms with Crippen LogP contribution in [0.5, 0.6) is 0 Å². The molecule has 0 radical (unpaired) electrons. The fraction of sp³-hybridized carbons (Fsp3) is 0.419. The maximum atomic E-state index is 7.28. The Morgan fingerprint density at radius 3 is 1.47 bits per heavy atom. The monoisotopic (exact) mass is 556 g/mol. The fourth-order valence-electron chi connectivity index (χ4n) is 5.93. The van der Waals surface area contributed by atoms with Gasteiger partial charge in [0.25, 0.3) is 0 Å². The van der Waals surface area contributed by atoms with Crippen LogP contribution in [-0.2, 0) is 3.79 Å². The molecule has 36 heavy (non-hydrogen) atoms. The van der Waals surface area contributed by atoms with Crippen LogP contribution < -0.4 is 0 Å². The first-order valence-corrected chi connectivity index (χ1v) is 16.4. The van der Waals surface area contributed by atoms with Crippen LogP contribution >= 0.6 is 34.8 Å². The van der Waals surface area contributed by atoms with E-state index in [2.05, 4.69) is 57.2 Å². The summed E-state index contributed by atoms with van der Waals surface area (Å²) < 4.78 is 7.28. The normalized spacial score (nSPS) is 20.7.